The van der Waals surface area contributed by atoms with Crippen molar-refractivity contribution in [3.05, 3.63) is 24.3 Å². The molecule has 0 bridgehead atoms. The number of anilines is 1. The highest BCUT2D eigenvalue weighted by atomic mass is 16.5. The summed E-state index contributed by atoms with van der Waals surface area (Å²) < 4.78 is 10.2. The number of methoxy groups -OCH3 is 1. The van der Waals surface area contributed by atoms with Crippen molar-refractivity contribution in [1.29, 1.82) is 0 Å². The van der Waals surface area contributed by atoms with Crippen LogP contribution >= 0.6 is 0 Å². The number of carboxylic acids is 1. The maximum absolute atomic E-state index is 11.1. The molecule has 0 spiro atoms. The number of para-hydroxylation sites is 2. The Kier molecular flexibility index (Phi) is 3.19. The average molecular weight is 237 g/mol. The van der Waals surface area contributed by atoms with Gasteiger partial charge in [0.25, 0.3) is 0 Å². The van der Waals surface area contributed by atoms with Gasteiger partial charge in [0.1, 0.15) is 11.2 Å². The predicted octanol–water partition coefficient (Wildman–Crippen LogP) is 1.21. The number of aliphatic carboxylic acids is 1. The molecule has 5 heteroatoms. The lowest BCUT2D eigenvalue weighted by Gasteiger charge is -2.37. The van der Waals surface area contributed by atoms with Crippen LogP contribution in [-0.4, -0.2) is 37.9 Å². The first-order chi connectivity index (χ1) is 8.18. The van der Waals surface area contributed by atoms with Crippen molar-refractivity contribution in [2.45, 2.75) is 0 Å². The van der Waals surface area contributed by atoms with Crippen LogP contribution in [-0.2, 0) is 9.53 Å². The molecule has 0 amide bonds. The Morgan fingerprint density at radius 3 is 2.76 bits per heavy atom. The lowest BCUT2D eigenvalue weighted by molar-refractivity contribution is -0.176. The summed E-state index contributed by atoms with van der Waals surface area (Å²) in [4.78, 5) is 11.1. The number of nitrogens with one attached hydrogen (secondary N) is 1. The first-order valence-corrected chi connectivity index (χ1v) is 5.36. The number of carboxylic acid groups (broad SMARTS) is 1. The fourth-order valence-corrected chi connectivity index (χ4v) is 1.70. The summed E-state index contributed by atoms with van der Waals surface area (Å²) in [7, 11) is 1.58. The molecule has 2 N–H and O–H groups in total. The summed E-state index contributed by atoms with van der Waals surface area (Å²) in [6.45, 7) is 0.845. The first kappa shape index (κ1) is 11.7. The van der Waals surface area contributed by atoms with Crippen molar-refractivity contribution < 1.29 is 19.4 Å². The maximum atomic E-state index is 11.1. The van der Waals surface area contributed by atoms with Crippen molar-refractivity contribution in [1.82, 2.24) is 0 Å². The van der Waals surface area contributed by atoms with E-state index in [1.54, 1.807) is 7.11 Å². The molecule has 0 aromatic heterocycles. The lowest BCUT2D eigenvalue weighted by Crippen LogP contribution is -2.53. The maximum Gasteiger partial charge on any atom is 0.316 e. The van der Waals surface area contributed by atoms with Gasteiger partial charge in [-0.2, -0.15) is 0 Å². The van der Waals surface area contributed by atoms with Gasteiger partial charge >= 0.3 is 5.97 Å². The second-order valence-electron chi connectivity index (χ2n) is 4.13. The quantitative estimate of drug-likeness (QED) is 0.805. The van der Waals surface area contributed by atoms with Gasteiger partial charge in [-0.25, -0.2) is 0 Å². The van der Waals surface area contributed by atoms with E-state index in [0.29, 0.717) is 12.3 Å². The third-order valence-electron chi connectivity index (χ3n) is 2.93. The second-order valence-corrected chi connectivity index (χ2v) is 4.13. The fourth-order valence-electron chi connectivity index (χ4n) is 1.70. The molecule has 1 aromatic carbocycles. The van der Waals surface area contributed by atoms with Crippen LogP contribution in [0.2, 0.25) is 0 Å². The van der Waals surface area contributed by atoms with Crippen LogP contribution < -0.4 is 10.1 Å². The summed E-state index contributed by atoms with van der Waals surface area (Å²) in [5.41, 5.74) is -0.0107. The number of hydrogen-bond acceptors (Lipinski definition) is 4. The van der Waals surface area contributed by atoms with Crippen LogP contribution in [0.15, 0.2) is 24.3 Å². The molecule has 1 fully saturated rings. The molecule has 1 heterocycles. The smallest absolute Gasteiger partial charge is 0.316 e. The first-order valence-electron chi connectivity index (χ1n) is 5.36. The van der Waals surface area contributed by atoms with Gasteiger partial charge in [0, 0.05) is 6.54 Å². The highest BCUT2D eigenvalue weighted by Crippen LogP contribution is 2.30. The lowest BCUT2D eigenvalue weighted by atomic mass is 9.86. The molecule has 0 atom stereocenters. The number of rotatable bonds is 5. The molecule has 1 aromatic rings. The SMILES string of the molecule is COc1ccccc1NCC1(C(=O)O)COC1. The summed E-state index contributed by atoms with van der Waals surface area (Å²) in [6, 6.07) is 7.42. The number of benzene rings is 1. The minimum Gasteiger partial charge on any atom is -0.495 e. The fraction of sp³-hybridized carbons (Fsp3) is 0.417. The summed E-state index contributed by atoms with van der Waals surface area (Å²) in [5.74, 6) is -0.126. The molecule has 0 unspecified atom stereocenters. The highest BCUT2D eigenvalue weighted by molar-refractivity contribution is 5.77. The van der Waals surface area contributed by atoms with Gasteiger partial charge in [-0.1, -0.05) is 12.1 Å². The van der Waals surface area contributed by atoms with E-state index in [0.717, 1.165) is 5.69 Å². The van der Waals surface area contributed by atoms with Crippen molar-refractivity contribution in [2.75, 3.05) is 32.2 Å². The molecule has 92 valence electrons. The Morgan fingerprint density at radius 2 is 2.24 bits per heavy atom. The third-order valence-corrected chi connectivity index (χ3v) is 2.93. The van der Waals surface area contributed by atoms with E-state index >= 15 is 0 Å². The monoisotopic (exact) mass is 237 g/mol. The zero-order valence-corrected chi connectivity index (χ0v) is 9.60. The normalized spacial score (nSPS) is 17.0. The van der Waals surface area contributed by atoms with Gasteiger partial charge in [-0.3, -0.25) is 4.79 Å². The Morgan fingerprint density at radius 1 is 1.53 bits per heavy atom. The van der Waals surface area contributed by atoms with E-state index in [4.69, 9.17) is 14.6 Å². The molecule has 1 saturated heterocycles. The number of hydrogen-bond donors (Lipinski definition) is 2. The molecule has 0 aliphatic carbocycles. The number of carbonyl (C=O) groups is 1. The molecule has 17 heavy (non-hydrogen) atoms. The minimum absolute atomic E-state index is 0.254. The molecule has 0 saturated carbocycles. The summed E-state index contributed by atoms with van der Waals surface area (Å²) in [6.07, 6.45) is 0. The van der Waals surface area contributed by atoms with Crippen LogP contribution in [0.4, 0.5) is 5.69 Å². The number of ether oxygens (including phenoxy) is 2. The Balaban J connectivity index is 2.04. The van der Waals surface area contributed by atoms with E-state index in [2.05, 4.69) is 5.32 Å². The Hall–Kier alpha value is -1.75. The molecular weight excluding hydrogens is 222 g/mol. The van der Waals surface area contributed by atoms with Crippen LogP contribution in [0.25, 0.3) is 0 Å². The molecular formula is C12H15NO4. The van der Waals surface area contributed by atoms with Crippen molar-refractivity contribution in [3.63, 3.8) is 0 Å². The Bertz CT molecular complexity index is 415. The topological polar surface area (TPSA) is 67.8 Å². The predicted molar refractivity (Wildman–Crippen MR) is 62.4 cm³/mol. The van der Waals surface area contributed by atoms with Gasteiger partial charge in [0.05, 0.1) is 26.0 Å². The van der Waals surface area contributed by atoms with Gasteiger partial charge < -0.3 is 19.9 Å². The van der Waals surface area contributed by atoms with E-state index in [9.17, 15) is 4.79 Å². The molecule has 1 aliphatic rings. The van der Waals surface area contributed by atoms with Crippen LogP contribution in [0.5, 0.6) is 5.75 Å². The summed E-state index contributed by atoms with van der Waals surface area (Å²) in [5, 5.41) is 12.2. The zero-order valence-electron chi connectivity index (χ0n) is 9.60. The molecule has 5 nitrogen and oxygen atoms in total. The molecule has 2 rings (SSSR count). The average Bonchev–Trinajstić information content (AvgIpc) is 2.27. The Labute approximate surface area is 99.3 Å². The van der Waals surface area contributed by atoms with Crippen molar-refractivity contribution in [2.24, 2.45) is 5.41 Å². The minimum atomic E-state index is -0.828. The van der Waals surface area contributed by atoms with Gasteiger partial charge in [0.15, 0.2) is 0 Å². The summed E-state index contributed by atoms with van der Waals surface area (Å²) >= 11 is 0. The van der Waals surface area contributed by atoms with Crippen LogP contribution in [0.3, 0.4) is 0 Å². The molecule has 0 radical (unpaired) electrons. The van der Waals surface area contributed by atoms with Crippen LogP contribution in [0, 0.1) is 5.41 Å². The molecule has 1 aliphatic heterocycles. The van der Waals surface area contributed by atoms with E-state index in [1.165, 1.54) is 0 Å². The third kappa shape index (κ3) is 2.19. The largest absolute Gasteiger partial charge is 0.495 e. The van der Waals surface area contributed by atoms with E-state index < -0.39 is 11.4 Å². The van der Waals surface area contributed by atoms with Crippen molar-refractivity contribution >= 4 is 11.7 Å². The second kappa shape index (κ2) is 4.63. The standard InChI is InChI=1S/C12H15NO4/c1-16-10-5-3-2-4-9(10)13-6-12(11(14)15)7-17-8-12/h2-5,13H,6-8H2,1H3,(H,14,15). The van der Waals surface area contributed by atoms with Crippen LogP contribution in [0.1, 0.15) is 0 Å². The zero-order chi connectivity index (χ0) is 12.3. The van der Waals surface area contributed by atoms with Crippen molar-refractivity contribution in [3.8, 4) is 5.75 Å². The van der Waals surface area contributed by atoms with Gasteiger partial charge in [-0.05, 0) is 12.1 Å². The van der Waals surface area contributed by atoms with E-state index in [-0.39, 0.29) is 13.2 Å². The highest BCUT2D eigenvalue weighted by Gasteiger charge is 2.46. The van der Waals surface area contributed by atoms with Gasteiger partial charge in [0.2, 0.25) is 0 Å². The van der Waals surface area contributed by atoms with Gasteiger partial charge in [-0.15, -0.1) is 0 Å². The van der Waals surface area contributed by atoms with E-state index in [1.807, 2.05) is 24.3 Å².